The second kappa shape index (κ2) is 5.65. The summed E-state index contributed by atoms with van der Waals surface area (Å²) >= 11 is 3.28. The van der Waals surface area contributed by atoms with Gasteiger partial charge in [-0.05, 0) is 28.1 Å². The zero-order valence-electron chi connectivity index (χ0n) is 8.81. The summed E-state index contributed by atoms with van der Waals surface area (Å²) in [5, 5.41) is 8.52. The predicted molar refractivity (Wildman–Crippen MR) is 63.4 cm³/mol. The number of carbonyl (C=O) groups excluding carboxylic acids is 1. The van der Waals surface area contributed by atoms with E-state index in [1.807, 2.05) is 6.07 Å². The molecule has 0 aromatic heterocycles. The Bertz CT molecular complexity index is 406. The summed E-state index contributed by atoms with van der Waals surface area (Å²) in [6.45, 7) is 0.204. The van der Waals surface area contributed by atoms with Crippen LogP contribution in [-0.2, 0) is 4.79 Å². The van der Waals surface area contributed by atoms with Crippen LogP contribution < -0.4 is 0 Å². The van der Waals surface area contributed by atoms with Crippen LogP contribution in [0.5, 0.6) is 0 Å². The van der Waals surface area contributed by atoms with Gasteiger partial charge in [-0.15, -0.1) is 0 Å². The molecular weight excluding hydrogens is 274 g/mol. The lowest BCUT2D eigenvalue weighted by Crippen LogP contribution is -2.29. The van der Waals surface area contributed by atoms with Crippen LogP contribution in [0.4, 0.5) is 0 Å². The number of aliphatic carboxylic acids is 1. The highest BCUT2D eigenvalue weighted by molar-refractivity contribution is 9.10. The highest BCUT2D eigenvalue weighted by atomic mass is 79.9. The van der Waals surface area contributed by atoms with E-state index in [1.165, 1.54) is 4.90 Å². The Labute approximate surface area is 102 Å². The third-order valence-corrected chi connectivity index (χ3v) is 2.80. The highest BCUT2D eigenvalue weighted by Crippen LogP contribution is 2.17. The average Bonchev–Trinajstić information content (AvgIpc) is 2.25. The largest absolute Gasteiger partial charge is 0.481 e. The molecule has 0 atom stereocenters. The molecule has 0 radical (unpaired) electrons. The Morgan fingerprint density at radius 1 is 1.38 bits per heavy atom. The Morgan fingerprint density at radius 3 is 2.56 bits per heavy atom. The van der Waals surface area contributed by atoms with Crippen LogP contribution in [0.15, 0.2) is 28.7 Å². The van der Waals surface area contributed by atoms with Gasteiger partial charge in [0.15, 0.2) is 0 Å². The van der Waals surface area contributed by atoms with Crippen LogP contribution in [-0.4, -0.2) is 35.5 Å². The fourth-order valence-electron chi connectivity index (χ4n) is 1.21. The second-order valence-corrected chi connectivity index (χ2v) is 4.20. The van der Waals surface area contributed by atoms with Gasteiger partial charge >= 0.3 is 5.97 Å². The monoisotopic (exact) mass is 285 g/mol. The van der Waals surface area contributed by atoms with Gasteiger partial charge in [-0.2, -0.15) is 0 Å². The van der Waals surface area contributed by atoms with Crippen LogP contribution in [0.2, 0.25) is 0 Å². The molecule has 1 N–H and O–H groups in total. The molecule has 0 heterocycles. The minimum atomic E-state index is -0.910. The number of carboxylic acids is 1. The van der Waals surface area contributed by atoms with Crippen molar-refractivity contribution in [2.24, 2.45) is 0 Å². The molecule has 1 aromatic rings. The molecular formula is C11H12BrNO3. The molecule has 1 aromatic carbocycles. The Balaban J connectivity index is 2.71. The van der Waals surface area contributed by atoms with Gasteiger partial charge < -0.3 is 10.0 Å². The number of rotatable bonds is 4. The van der Waals surface area contributed by atoms with E-state index in [1.54, 1.807) is 25.2 Å². The van der Waals surface area contributed by atoms with Crippen molar-refractivity contribution in [3.63, 3.8) is 0 Å². The van der Waals surface area contributed by atoms with Crippen molar-refractivity contribution in [2.75, 3.05) is 13.6 Å². The van der Waals surface area contributed by atoms with E-state index in [9.17, 15) is 9.59 Å². The molecule has 16 heavy (non-hydrogen) atoms. The standard InChI is InChI=1S/C11H12BrNO3/c1-13(7-6-10(14)15)11(16)8-4-2-3-5-9(8)12/h2-5H,6-7H2,1H3,(H,14,15). The van der Waals surface area contributed by atoms with Crippen LogP contribution in [0.25, 0.3) is 0 Å². The van der Waals surface area contributed by atoms with Crippen LogP contribution in [0.1, 0.15) is 16.8 Å². The number of halogens is 1. The maximum absolute atomic E-state index is 11.9. The van der Waals surface area contributed by atoms with Crippen molar-refractivity contribution < 1.29 is 14.7 Å². The summed E-state index contributed by atoms with van der Waals surface area (Å²) in [5.41, 5.74) is 0.537. The van der Waals surface area contributed by atoms with E-state index in [4.69, 9.17) is 5.11 Å². The van der Waals surface area contributed by atoms with Crippen LogP contribution >= 0.6 is 15.9 Å². The fourth-order valence-corrected chi connectivity index (χ4v) is 1.66. The van der Waals surface area contributed by atoms with E-state index in [0.29, 0.717) is 10.0 Å². The third kappa shape index (κ3) is 3.34. The summed E-state index contributed by atoms with van der Waals surface area (Å²) in [7, 11) is 1.59. The van der Waals surface area contributed by atoms with Gasteiger partial charge in [-0.1, -0.05) is 12.1 Å². The zero-order chi connectivity index (χ0) is 12.1. The predicted octanol–water partition coefficient (Wildman–Crippen LogP) is 2.00. The van der Waals surface area contributed by atoms with Gasteiger partial charge in [0.2, 0.25) is 0 Å². The van der Waals surface area contributed by atoms with Gasteiger partial charge in [0, 0.05) is 18.1 Å². The maximum atomic E-state index is 11.9. The van der Waals surface area contributed by atoms with Gasteiger partial charge in [0.1, 0.15) is 0 Å². The van der Waals surface area contributed by atoms with Gasteiger partial charge in [0.25, 0.3) is 5.91 Å². The van der Waals surface area contributed by atoms with Gasteiger partial charge in [0.05, 0.1) is 12.0 Å². The molecule has 86 valence electrons. The lowest BCUT2D eigenvalue weighted by molar-refractivity contribution is -0.137. The number of benzene rings is 1. The normalized spacial score (nSPS) is 9.88. The first-order valence-electron chi connectivity index (χ1n) is 4.74. The molecule has 0 saturated carbocycles. The average molecular weight is 286 g/mol. The number of hydrogen-bond donors (Lipinski definition) is 1. The van der Waals surface area contributed by atoms with Crippen molar-refractivity contribution in [1.29, 1.82) is 0 Å². The number of carboxylic acid groups (broad SMARTS) is 1. The molecule has 1 rings (SSSR count). The highest BCUT2D eigenvalue weighted by Gasteiger charge is 2.14. The summed E-state index contributed by atoms with van der Waals surface area (Å²) in [6.07, 6.45) is -0.0489. The summed E-state index contributed by atoms with van der Waals surface area (Å²) in [5.74, 6) is -1.10. The van der Waals surface area contributed by atoms with Crippen molar-refractivity contribution >= 4 is 27.8 Å². The zero-order valence-corrected chi connectivity index (χ0v) is 10.4. The molecule has 0 bridgehead atoms. The summed E-state index contributed by atoms with van der Waals surface area (Å²) in [4.78, 5) is 23.7. The third-order valence-electron chi connectivity index (χ3n) is 2.11. The van der Waals surface area contributed by atoms with E-state index in [2.05, 4.69) is 15.9 Å². The summed E-state index contributed by atoms with van der Waals surface area (Å²) in [6, 6.07) is 7.06. The lowest BCUT2D eigenvalue weighted by Gasteiger charge is -2.16. The minimum absolute atomic E-state index is 0.0489. The molecule has 0 aliphatic carbocycles. The number of amides is 1. The summed E-state index contributed by atoms with van der Waals surface area (Å²) < 4.78 is 0.710. The Morgan fingerprint density at radius 2 is 2.00 bits per heavy atom. The van der Waals surface area contributed by atoms with Gasteiger partial charge in [-0.25, -0.2) is 0 Å². The lowest BCUT2D eigenvalue weighted by atomic mass is 10.2. The van der Waals surface area contributed by atoms with Crippen molar-refractivity contribution in [3.05, 3.63) is 34.3 Å². The molecule has 0 aliphatic rings. The number of carbonyl (C=O) groups is 2. The first-order valence-corrected chi connectivity index (χ1v) is 5.53. The smallest absolute Gasteiger partial charge is 0.305 e. The molecule has 0 spiro atoms. The minimum Gasteiger partial charge on any atom is -0.481 e. The van der Waals surface area contributed by atoms with E-state index >= 15 is 0 Å². The Kier molecular flexibility index (Phi) is 4.49. The van der Waals surface area contributed by atoms with Gasteiger partial charge in [-0.3, -0.25) is 9.59 Å². The molecule has 4 nitrogen and oxygen atoms in total. The Hall–Kier alpha value is -1.36. The first kappa shape index (κ1) is 12.7. The molecule has 0 fully saturated rings. The van der Waals surface area contributed by atoms with Crippen LogP contribution in [0, 0.1) is 0 Å². The number of hydrogen-bond acceptors (Lipinski definition) is 2. The van der Waals surface area contributed by atoms with Crippen molar-refractivity contribution in [3.8, 4) is 0 Å². The topological polar surface area (TPSA) is 57.6 Å². The van der Waals surface area contributed by atoms with Crippen LogP contribution in [0.3, 0.4) is 0 Å². The molecule has 5 heteroatoms. The van der Waals surface area contributed by atoms with E-state index in [0.717, 1.165) is 0 Å². The molecule has 0 saturated heterocycles. The first-order chi connectivity index (χ1) is 7.52. The fraction of sp³-hybridized carbons (Fsp3) is 0.273. The molecule has 0 unspecified atom stereocenters. The van der Waals surface area contributed by atoms with Crippen molar-refractivity contribution in [2.45, 2.75) is 6.42 Å². The van der Waals surface area contributed by atoms with E-state index < -0.39 is 5.97 Å². The SMILES string of the molecule is CN(CCC(=O)O)C(=O)c1ccccc1Br. The van der Waals surface area contributed by atoms with Crippen molar-refractivity contribution in [1.82, 2.24) is 4.90 Å². The maximum Gasteiger partial charge on any atom is 0.305 e. The molecule has 1 amide bonds. The molecule has 0 aliphatic heterocycles. The van der Waals surface area contributed by atoms with E-state index in [-0.39, 0.29) is 18.9 Å². The quantitative estimate of drug-likeness (QED) is 0.921. The second-order valence-electron chi connectivity index (χ2n) is 3.35. The number of nitrogens with zero attached hydrogens (tertiary/aromatic N) is 1.